The van der Waals surface area contributed by atoms with Crippen LogP contribution in [0.4, 0.5) is 4.79 Å². The number of nitrogens with one attached hydrogen (secondary N) is 2. The van der Waals surface area contributed by atoms with Gasteiger partial charge in [-0.25, -0.2) is 4.79 Å². The highest BCUT2D eigenvalue weighted by Gasteiger charge is 1.99. The molecular formula is C14H22N2O3. The van der Waals surface area contributed by atoms with Crippen LogP contribution in [0.25, 0.3) is 0 Å². The molecule has 0 saturated heterocycles. The van der Waals surface area contributed by atoms with Crippen LogP contribution in [0, 0.1) is 0 Å². The number of carbonyl (C=O) groups excluding carboxylic acids is 1. The first-order valence-corrected chi connectivity index (χ1v) is 6.49. The third-order valence-electron chi connectivity index (χ3n) is 2.27. The largest absolute Gasteiger partial charge is 0.473 e. The molecule has 0 heterocycles. The van der Waals surface area contributed by atoms with E-state index in [4.69, 9.17) is 9.47 Å². The fourth-order valence-electron chi connectivity index (χ4n) is 1.36. The fraction of sp³-hybridized carbons (Fsp3) is 0.500. The predicted molar refractivity (Wildman–Crippen MR) is 74.2 cm³/mol. The normalized spacial score (nSPS) is 10.3. The first-order valence-electron chi connectivity index (χ1n) is 6.49. The third kappa shape index (κ3) is 8.05. The molecule has 5 nitrogen and oxygen atoms in total. The Morgan fingerprint density at radius 3 is 2.63 bits per heavy atom. The number of urea groups is 1. The zero-order chi connectivity index (χ0) is 13.9. The lowest BCUT2D eigenvalue weighted by molar-refractivity contribution is 0.0774. The van der Waals surface area contributed by atoms with Gasteiger partial charge in [-0.2, -0.15) is 0 Å². The van der Waals surface area contributed by atoms with E-state index >= 15 is 0 Å². The molecule has 2 amide bonds. The molecule has 19 heavy (non-hydrogen) atoms. The smallest absolute Gasteiger partial charge is 0.317 e. The van der Waals surface area contributed by atoms with E-state index in [0.29, 0.717) is 13.2 Å². The highest BCUT2D eigenvalue weighted by molar-refractivity contribution is 5.73. The van der Waals surface area contributed by atoms with E-state index in [1.54, 1.807) is 0 Å². The maximum Gasteiger partial charge on any atom is 0.317 e. The van der Waals surface area contributed by atoms with Crippen molar-refractivity contribution in [1.82, 2.24) is 10.6 Å². The van der Waals surface area contributed by atoms with Crippen LogP contribution in [-0.2, 0) is 4.74 Å². The van der Waals surface area contributed by atoms with E-state index < -0.39 is 0 Å². The van der Waals surface area contributed by atoms with Gasteiger partial charge in [0, 0.05) is 13.2 Å². The average molecular weight is 266 g/mol. The zero-order valence-electron chi connectivity index (χ0n) is 11.5. The summed E-state index contributed by atoms with van der Waals surface area (Å²) in [7, 11) is 0. The van der Waals surface area contributed by atoms with Gasteiger partial charge in [-0.05, 0) is 32.4 Å². The minimum atomic E-state index is -0.236. The van der Waals surface area contributed by atoms with Crippen molar-refractivity contribution < 1.29 is 14.3 Å². The lowest BCUT2D eigenvalue weighted by atomic mass is 10.3. The summed E-state index contributed by atoms with van der Waals surface area (Å²) in [6, 6.07) is 9.10. The molecule has 0 aliphatic heterocycles. The summed E-state index contributed by atoms with van der Waals surface area (Å²) in [5.41, 5.74) is 0. The van der Waals surface area contributed by atoms with Crippen molar-refractivity contribution in [3.63, 3.8) is 0 Å². The Hall–Kier alpha value is -1.75. The molecule has 1 aromatic carbocycles. The number of hydrogen-bond acceptors (Lipinski definition) is 3. The summed E-state index contributed by atoms with van der Waals surface area (Å²) in [6.07, 6.45) is 1.03. The van der Waals surface area contributed by atoms with Gasteiger partial charge in [-0.15, -0.1) is 0 Å². The molecule has 0 aliphatic rings. The maximum absolute atomic E-state index is 11.4. The minimum absolute atomic E-state index is 0.151. The Bertz CT molecular complexity index is 355. The highest BCUT2D eigenvalue weighted by atomic mass is 16.5. The SMILES string of the molecule is CC(C)OCCCNC(=O)NCOc1ccccc1. The van der Waals surface area contributed by atoms with Crippen molar-refractivity contribution in [2.24, 2.45) is 0 Å². The number of hydrogen-bond donors (Lipinski definition) is 2. The third-order valence-corrected chi connectivity index (χ3v) is 2.27. The average Bonchev–Trinajstić information content (AvgIpc) is 2.39. The van der Waals surface area contributed by atoms with E-state index in [0.717, 1.165) is 12.2 Å². The summed E-state index contributed by atoms with van der Waals surface area (Å²) in [5.74, 6) is 0.730. The van der Waals surface area contributed by atoms with Crippen LogP contribution in [0.15, 0.2) is 30.3 Å². The topological polar surface area (TPSA) is 59.6 Å². The van der Waals surface area contributed by atoms with Gasteiger partial charge in [-0.1, -0.05) is 18.2 Å². The summed E-state index contributed by atoms with van der Waals surface area (Å²) in [5, 5.41) is 5.35. The summed E-state index contributed by atoms with van der Waals surface area (Å²) in [4.78, 5) is 11.4. The number of ether oxygens (including phenoxy) is 2. The van der Waals surface area contributed by atoms with Crippen molar-refractivity contribution in [1.29, 1.82) is 0 Å². The molecule has 0 radical (unpaired) electrons. The van der Waals surface area contributed by atoms with Crippen LogP contribution < -0.4 is 15.4 Å². The Labute approximate surface area is 114 Å². The van der Waals surface area contributed by atoms with Crippen molar-refractivity contribution in [3.05, 3.63) is 30.3 Å². The van der Waals surface area contributed by atoms with E-state index in [9.17, 15) is 4.79 Å². The van der Waals surface area contributed by atoms with Crippen molar-refractivity contribution in [3.8, 4) is 5.75 Å². The van der Waals surface area contributed by atoms with Crippen LogP contribution >= 0.6 is 0 Å². The number of benzene rings is 1. The monoisotopic (exact) mass is 266 g/mol. The van der Waals surface area contributed by atoms with Gasteiger partial charge in [0.2, 0.25) is 0 Å². The van der Waals surface area contributed by atoms with Gasteiger partial charge in [0.25, 0.3) is 0 Å². The molecule has 106 valence electrons. The Balaban J connectivity index is 1.99. The van der Waals surface area contributed by atoms with Crippen LogP contribution in [-0.4, -0.2) is 32.0 Å². The fourth-order valence-corrected chi connectivity index (χ4v) is 1.36. The molecule has 0 bridgehead atoms. The second-order valence-electron chi connectivity index (χ2n) is 4.31. The highest BCUT2D eigenvalue weighted by Crippen LogP contribution is 2.06. The van der Waals surface area contributed by atoms with E-state index in [-0.39, 0.29) is 18.9 Å². The van der Waals surface area contributed by atoms with Crippen LogP contribution in [0.2, 0.25) is 0 Å². The first-order chi connectivity index (χ1) is 9.18. The quantitative estimate of drug-likeness (QED) is 0.560. The number of carbonyl (C=O) groups is 1. The second kappa shape index (κ2) is 9.22. The second-order valence-corrected chi connectivity index (χ2v) is 4.31. The van der Waals surface area contributed by atoms with E-state index in [1.165, 1.54) is 0 Å². The zero-order valence-corrected chi connectivity index (χ0v) is 11.5. The molecule has 0 aromatic heterocycles. The van der Waals surface area contributed by atoms with Gasteiger partial charge in [-0.3, -0.25) is 0 Å². The molecular weight excluding hydrogens is 244 g/mol. The van der Waals surface area contributed by atoms with Crippen molar-refractivity contribution in [2.45, 2.75) is 26.4 Å². The van der Waals surface area contributed by atoms with Crippen molar-refractivity contribution >= 4 is 6.03 Å². The van der Waals surface area contributed by atoms with Gasteiger partial charge < -0.3 is 20.1 Å². The summed E-state index contributed by atoms with van der Waals surface area (Å²) < 4.78 is 10.7. The molecule has 2 N–H and O–H groups in total. The number of rotatable bonds is 8. The van der Waals surface area contributed by atoms with Gasteiger partial charge >= 0.3 is 6.03 Å². The van der Waals surface area contributed by atoms with Crippen molar-refractivity contribution in [2.75, 3.05) is 19.9 Å². The van der Waals surface area contributed by atoms with Gasteiger partial charge in [0.05, 0.1) is 6.10 Å². The molecule has 1 aromatic rings. The molecule has 1 rings (SSSR count). The number of amides is 2. The van der Waals surface area contributed by atoms with Crippen LogP contribution in [0.5, 0.6) is 5.75 Å². The molecule has 0 atom stereocenters. The van der Waals surface area contributed by atoms with Crippen LogP contribution in [0.3, 0.4) is 0 Å². The number of para-hydroxylation sites is 1. The maximum atomic E-state index is 11.4. The molecule has 0 aliphatic carbocycles. The lowest BCUT2D eigenvalue weighted by Crippen LogP contribution is -2.38. The van der Waals surface area contributed by atoms with E-state index in [1.807, 2.05) is 44.2 Å². The lowest BCUT2D eigenvalue weighted by Gasteiger charge is -2.10. The van der Waals surface area contributed by atoms with Gasteiger partial charge in [0.1, 0.15) is 5.75 Å². The van der Waals surface area contributed by atoms with Crippen LogP contribution in [0.1, 0.15) is 20.3 Å². The standard InChI is InChI=1S/C14H22N2O3/c1-12(2)18-10-6-9-15-14(17)16-11-19-13-7-4-3-5-8-13/h3-5,7-8,12H,6,9-11H2,1-2H3,(H2,15,16,17). The Morgan fingerprint density at radius 1 is 1.21 bits per heavy atom. The molecule has 5 heteroatoms. The van der Waals surface area contributed by atoms with Gasteiger partial charge in [0.15, 0.2) is 6.73 Å². The van der Waals surface area contributed by atoms with E-state index in [2.05, 4.69) is 10.6 Å². The first kappa shape index (κ1) is 15.3. The summed E-state index contributed by atoms with van der Waals surface area (Å²) in [6.45, 7) is 5.36. The Kier molecular flexibility index (Phi) is 7.43. The summed E-state index contributed by atoms with van der Waals surface area (Å²) >= 11 is 0. The Morgan fingerprint density at radius 2 is 1.95 bits per heavy atom. The minimum Gasteiger partial charge on any atom is -0.473 e. The molecule has 0 spiro atoms. The predicted octanol–water partition coefficient (Wildman–Crippen LogP) is 2.14. The molecule has 0 unspecified atom stereocenters. The molecule has 0 saturated carbocycles. The molecule has 0 fully saturated rings.